The summed E-state index contributed by atoms with van der Waals surface area (Å²) < 4.78 is 10.9. The molecule has 3 aromatic rings. The topological polar surface area (TPSA) is 78.3 Å². The van der Waals surface area contributed by atoms with Crippen LogP contribution < -0.4 is 5.32 Å². The fraction of sp³-hybridized carbons (Fsp3) is 0.357. The average molecular weight is 525 g/mol. The maximum atomic E-state index is 13.6. The number of anilines is 1. The van der Waals surface area contributed by atoms with E-state index < -0.39 is 0 Å². The van der Waals surface area contributed by atoms with Gasteiger partial charge in [0.15, 0.2) is 0 Å². The average Bonchev–Trinajstić information content (AvgIpc) is 3.42. The number of furan rings is 1. The van der Waals surface area contributed by atoms with Crippen molar-refractivity contribution in [3.05, 3.63) is 89.3 Å². The molecule has 0 aliphatic carbocycles. The van der Waals surface area contributed by atoms with E-state index in [9.17, 15) is 9.59 Å². The molecule has 2 aromatic carbocycles. The molecule has 1 aromatic heterocycles. The first-order valence-corrected chi connectivity index (χ1v) is 12.9. The van der Waals surface area contributed by atoms with E-state index in [-0.39, 0.29) is 18.5 Å². The van der Waals surface area contributed by atoms with E-state index in [2.05, 4.69) is 10.2 Å². The summed E-state index contributed by atoms with van der Waals surface area (Å²) in [6.07, 6.45) is 2.34. The van der Waals surface area contributed by atoms with Crippen molar-refractivity contribution in [1.29, 1.82) is 0 Å². The molecule has 1 aliphatic heterocycles. The van der Waals surface area contributed by atoms with Crippen molar-refractivity contribution in [2.75, 3.05) is 51.3 Å². The molecule has 1 saturated heterocycles. The highest BCUT2D eigenvalue weighted by Crippen LogP contribution is 2.16. The van der Waals surface area contributed by atoms with Crippen LogP contribution in [0.4, 0.5) is 10.5 Å². The zero-order chi connectivity index (χ0) is 25.9. The normalized spacial score (nSPS) is 13.8. The number of ether oxygens (including phenoxy) is 1. The van der Waals surface area contributed by atoms with Crippen LogP contribution in [0.5, 0.6) is 0 Å². The van der Waals surface area contributed by atoms with Gasteiger partial charge in [-0.1, -0.05) is 48.0 Å². The number of carbonyl (C=O) groups is 2. The van der Waals surface area contributed by atoms with Gasteiger partial charge in [-0.2, -0.15) is 0 Å². The minimum absolute atomic E-state index is 0.0525. The smallest absolute Gasteiger partial charge is 0.322 e. The van der Waals surface area contributed by atoms with Gasteiger partial charge in [-0.05, 0) is 42.3 Å². The van der Waals surface area contributed by atoms with Crippen LogP contribution in [-0.2, 0) is 22.6 Å². The summed E-state index contributed by atoms with van der Waals surface area (Å²) in [4.78, 5) is 32.5. The van der Waals surface area contributed by atoms with E-state index >= 15 is 0 Å². The van der Waals surface area contributed by atoms with Crippen molar-refractivity contribution in [1.82, 2.24) is 14.7 Å². The largest absolute Gasteiger partial charge is 0.467 e. The van der Waals surface area contributed by atoms with Crippen LogP contribution in [0.3, 0.4) is 0 Å². The van der Waals surface area contributed by atoms with Crippen molar-refractivity contribution in [2.45, 2.75) is 19.5 Å². The second kappa shape index (κ2) is 13.8. The van der Waals surface area contributed by atoms with Gasteiger partial charge in [-0.15, -0.1) is 0 Å². The monoisotopic (exact) mass is 524 g/mol. The Labute approximate surface area is 222 Å². The van der Waals surface area contributed by atoms with E-state index in [1.165, 1.54) is 0 Å². The molecule has 4 rings (SSSR count). The molecular weight excluding hydrogens is 492 g/mol. The molecule has 196 valence electrons. The molecule has 3 amide bonds. The Kier molecular flexibility index (Phi) is 9.99. The van der Waals surface area contributed by atoms with Crippen molar-refractivity contribution >= 4 is 29.2 Å². The van der Waals surface area contributed by atoms with Gasteiger partial charge in [0.05, 0.1) is 26.0 Å². The first kappa shape index (κ1) is 26.7. The van der Waals surface area contributed by atoms with Crippen molar-refractivity contribution in [2.24, 2.45) is 0 Å². The van der Waals surface area contributed by atoms with Gasteiger partial charge in [0.1, 0.15) is 12.3 Å². The molecule has 8 nitrogen and oxygen atoms in total. The molecule has 37 heavy (non-hydrogen) atoms. The molecule has 1 aliphatic rings. The van der Waals surface area contributed by atoms with Crippen LogP contribution >= 0.6 is 11.6 Å². The van der Waals surface area contributed by atoms with Gasteiger partial charge in [0, 0.05) is 43.4 Å². The number of amides is 3. The molecule has 0 saturated carbocycles. The van der Waals surface area contributed by atoms with Gasteiger partial charge in [0.2, 0.25) is 5.91 Å². The zero-order valence-electron chi connectivity index (χ0n) is 20.9. The van der Waals surface area contributed by atoms with Gasteiger partial charge in [-0.25, -0.2) is 4.79 Å². The van der Waals surface area contributed by atoms with Gasteiger partial charge < -0.3 is 24.3 Å². The number of urea groups is 1. The number of nitrogens with zero attached hydrogens (tertiary/aromatic N) is 3. The Morgan fingerprint density at radius 2 is 1.76 bits per heavy atom. The lowest BCUT2D eigenvalue weighted by atomic mass is 10.2. The molecule has 0 unspecified atom stereocenters. The second-order valence-corrected chi connectivity index (χ2v) is 9.42. The molecular formula is C28H33ClN4O4. The van der Waals surface area contributed by atoms with Crippen LogP contribution in [-0.4, -0.2) is 72.6 Å². The summed E-state index contributed by atoms with van der Waals surface area (Å²) in [6.45, 7) is 5.15. The molecule has 1 N–H and O–H groups in total. The summed E-state index contributed by atoms with van der Waals surface area (Å²) in [5.74, 6) is 0.527. The molecule has 0 bridgehead atoms. The molecule has 9 heteroatoms. The third kappa shape index (κ3) is 8.63. The molecule has 1 fully saturated rings. The van der Waals surface area contributed by atoms with Crippen LogP contribution in [0.25, 0.3) is 0 Å². The van der Waals surface area contributed by atoms with Gasteiger partial charge >= 0.3 is 6.03 Å². The Hall–Kier alpha value is -3.33. The summed E-state index contributed by atoms with van der Waals surface area (Å²) in [7, 11) is 0. The molecule has 0 spiro atoms. The van der Waals surface area contributed by atoms with Gasteiger partial charge in [0.25, 0.3) is 0 Å². The minimum atomic E-state index is -0.338. The number of benzene rings is 2. The van der Waals surface area contributed by atoms with E-state index in [0.717, 1.165) is 44.8 Å². The summed E-state index contributed by atoms with van der Waals surface area (Å²) in [5, 5.41) is 3.42. The number of halogens is 1. The van der Waals surface area contributed by atoms with Crippen LogP contribution in [0.2, 0.25) is 5.02 Å². The fourth-order valence-electron chi connectivity index (χ4n) is 4.22. The van der Waals surface area contributed by atoms with Crippen LogP contribution in [0, 0.1) is 0 Å². The summed E-state index contributed by atoms with van der Waals surface area (Å²) in [5.41, 5.74) is 1.59. The predicted molar refractivity (Wildman–Crippen MR) is 143 cm³/mol. The first-order chi connectivity index (χ1) is 18.1. The number of carbonyl (C=O) groups excluding carboxylic acids is 2. The third-order valence-electron chi connectivity index (χ3n) is 6.19. The number of nitrogens with one attached hydrogen (secondary N) is 1. The number of rotatable bonds is 11. The SMILES string of the molecule is O=C(CN(CCCN1CCOCC1)C(=O)Nc1cccc(Cl)c1)N(Cc1ccccc1)Cc1ccco1. The lowest BCUT2D eigenvalue weighted by molar-refractivity contribution is -0.133. The second-order valence-electron chi connectivity index (χ2n) is 8.98. The Morgan fingerprint density at radius 1 is 0.946 bits per heavy atom. The van der Waals surface area contributed by atoms with Crippen molar-refractivity contribution < 1.29 is 18.7 Å². The summed E-state index contributed by atoms with van der Waals surface area (Å²) >= 11 is 6.10. The third-order valence-corrected chi connectivity index (χ3v) is 6.43. The van der Waals surface area contributed by atoms with E-state index in [4.69, 9.17) is 20.8 Å². The van der Waals surface area contributed by atoms with E-state index in [1.807, 2.05) is 36.4 Å². The standard InChI is InChI=1S/C28H33ClN4O4/c29-24-9-4-10-25(19-24)30-28(35)32(13-6-12-31-14-17-36-18-15-31)22-27(34)33(21-26-11-5-16-37-26)20-23-7-2-1-3-8-23/h1-5,7-11,16,19H,6,12-15,17-18,20-22H2,(H,30,35). The maximum Gasteiger partial charge on any atom is 0.322 e. The number of morpholine rings is 1. The van der Waals surface area contributed by atoms with E-state index in [1.54, 1.807) is 46.4 Å². The van der Waals surface area contributed by atoms with Gasteiger partial charge in [-0.3, -0.25) is 9.69 Å². The molecule has 2 heterocycles. The fourth-order valence-corrected chi connectivity index (χ4v) is 4.41. The molecule has 0 atom stereocenters. The Balaban J connectivity index is 1.45. The first-order valence-electron chi connectivity index (χ1n) is 12.5. The number of hydrogen-bond donors (Lipinski definition) is 1. The zero-order valence-corrected chi connectivity index (χ0v) is 21.6. The molecule has 0 radical (unpaired) electrons. The quantitative estimate of drug-likeness (QED) is 0.393. The predicted octanol–water partition coefficient (Wildman–Crippen LogP) is 4.72. The highest BCUT2D eigenvalue weighted by Gasteiger charge is 2.23. The van der Waals surface area contributed by atoms with Crippen molar-refractivity contribution in [3.63, 3.8) is 0 Å². The Bertz CT molecular complexity index is 1120. The lowest BCUT2D eigenvalue weighted by Crippen LogP contribution is -2.45. The maximum absolute atomic E-state index is 13.6. The minimum Gasteiger partial charge on any atom is -0.467 e. The lowest BCUT2D eigenvalue weighted by Gasteiger charge is -2.30. The van der Waals surface area contributed by atoms with Crippen LogP contribution in [0.1, 0.15) is 17.7 Å². The Morgan fingerprint density at radius 3 is 2.49 bits per heavy atom. The highest BCUT2D eigenvalue weighted by atomic mass is 35.5. The number of hydrogen-bond acceptors (Lipinski definition) is 5. The summed E-state index contributed by atoms with van der Waals surface area (Å²) in [6, 6.07) is 20.1. The van der Waals surface area contributed by atoms with Crippen LogP contribution in [0.15, 0.2) is 77.4 Å². The van der Waals surface area contributed by atoms with E-state index in [0.29, 0.717) is 36.1 Å². The highest BCUT2D eigenvalue weighted by molar-refractivity contribution is 6.30. The van der Waals surface area contributed by atoms with Crippen molar-refractivity contribution in [3.8, 4) is 0 Å².